The summed E-state index contributed by atoms with van der Waals surface area (Å²) in [6.45, 7) is 1.75. The number of anilines is 1. The highest BCUT2D eigenvalue weighted by Gasteiger charge is 2.10. The van der Waals surface area contributed by atoms with E-state index < -0.39 is 0 Å². The number of pyridine rings is 1. The molecule has 4 nitrogen and oxygen atoms in total. The van der Waals surface area contributed by atoms with Gasteiger partial charge in [0, 0.05) is 25.4 Å². The van der Waals surface area contributed by atoms with Crippen LogP contribution < -0.4 is 10.5 Å². The van der Waals surface area contributed by atoms with Crippen LogP contribution in [0.3, 0.4) is 0 Å². The third-order valence-electron chi connectivity index (χ3n) is 2.94. The zero-order valence-corrected chi connectivity index (χ0v) is 9.41. The molecule has 2 aromatic rings. The number of aromatic nitrogens is 2. The van der Waals surface area contributed by atoms with E-state index in [9.17, 15) is 4.79 Å². The second-order valence-electron chi connectivity index (χ2n) is 4.09. The molecule has 86 valence electrons. The van der Waals surface area contributed by atoms with Crippen molar-refractivity contribution in [3.05, 3.63) is 53.0 Å². The maximum atomic E-state index is 11.9. The highest BCUT2D eigenvalue weighted by molar-refractivity contribution is 5.48. The minimum absolute atomic E-state index is 0.0276. The SMILES string of the molecule is O=c1cc(N2CC=CCC2)nc2ccccn12. The van der Waals surface area contributed by atoms with Gasteiger partial charge in [0.15, 0.2) is 0 Å². The summed E-state index contributed by atoms with van der Waals surface area (Å²) in [7, 11) is 0. The highest BCUT2D eigenvalue weighted by Crippen LogP contribution is 2.13. The Hall–Kier alpha value is -2.10. The van der Waals surface area contributed by atoms with Crippen LogP contribution >= 0.6 is 0 Å². The van der Waals surface area contributed by atoms with Gasteiger partial charge in [-0.2, -0.15) is 0 Å². The van der Waals surface area contributed by atoms with Crippen molar-refractivity contribution in [2.45, 2.75) is 6.42 Å². The lowest BCUT2D eigenvalue weighted by Gasteiger charge is -2.24. The van der Waals surface area contributed by atoms with E-state index in [-0.39, 0.29) is 5.56 Å². The van der Waals surface area contributed by atoms with Gasteiger partial charge in [-0.3, -0.25) is 9.20 Å². The van der Waals surface area contributed by atoms with Crippen molar-refractivity contribution < 1.29 is 0 Å². The predicted octanol–water partition coefficient (Wildman–Crippen LogP) is 1.46. The Bertz CT molecular complexity index is 630. The summed E-state index contributed by atoms with van der Waals surface area (Å²) >= 11 is 0. The van der Waals surface area contributed by atoms with Gasteiger partial charge in [-0.1, -0.05) is 18.2 Å². The molecule has 0 atom stereocenters. The zero-order valence-electron chi connectivity index (χ0n) is 9.41. The molecule has 3 heterocycles. The third-order valence-corrected chi connectivity index (χ3v) is 2.94. The molecular formula is C13H13N3O. The summed E-state index contributed by atoms with van der Waals surface area (Å²) in [5.41, 5.74) is 0.671. The van der Waals surface area contributed by atoms with Crippen molar-refractivity contribution >= 4 is 11.5 Å². The van der Waals surface area contributed by atoms with E-state index in [1.165, 1.54) is 0 Å². The number of fused-ring (bicyclic) bond motifs is 1. The maximum absolute atomic E-state index is 11.9. The Morgan fingerprint density at radius 3 is 3.00 bits per heavy atom. The maximum Gasteiger partial charge on any atom is 0.259 e. The molecule has 0 spiro atoms. The molecule has 1 aliphatic heterocycles. The van der Waals surface area contributed by atoms with E-state index in [1.54, 1.807) is 16.7 Å². The molecule has 0 N–H and O–H groups in total. The number of rotatable bonds is 1. The summed E-state index contributed by atoms with van der Waals surface area (Å²) in [6.07, 6.45) is 7.02. The van der Waals surface area contributed by atoms with Crippen LogP contribution in [0.4, 0.5) is 5.82 Å². The van der Waals surface area contributed by atoms with E-state index in [1.807, 2.05) is 18.2 Å². The molecule has 1 aliphatic rings. The fraction of sp³-hybridized carbons (Fsp3) is 0.231. The van der Waals surface area contributed by atoms with Crippen LogP contribution in [0.15, 0.2) is 47.4 Å². The first-order valence-electron chi connectivity index (χ1n) is 5.73. The Morgan fingerprint density at radius 2 is 2.18 bits per heavy atom. The molecule has 0 bridgehead atoms. The van der Waals surface area contributed by atoms with Gasteiger partial charge in [0.25, 0.3) is 5.56 Å². The Morgan fingerprint density at radius 1 is 1.24 bits per heavy atom. The lowest BCUT2D eigenvalue weighted by atomic mass is 10.2. The van der Waals surface area contributed by atoms with Crippen molar-refractivity contribution in [2.24, 2.45) is 0 Å². The van der Waals surface area contributed by atoms with Crippen LogP contribution in [0.5, 0.6) is 0 Å². The quantitative estimate of drug-likeness (QED) is 0.692. The molecule has 0 unspecified atom stereocenters. The molecule has 0 saturated heterocycles. The smallest absolute Gasteiger partial charge is 0.259 e. The molecule has 0 aromatic carbocycles. The summed E-state index contributed by atoms with van der Waals surface area (Å²) in [6, 6.07) is 7.18. The van der Waals surface area contributed by atoms with Crippen molar-refractivity contribution in [1.29, 1.82) is 0 Å². The van der Waals surface area contributed by atoms with Gasteiger partial charge >= 0.3 is 0 Å². The topological polar surface area (TPSA) is 37.6 Å². The summed E-state index contributed by atoms with van der Waals surface area (Å²) in [5, 5.41) is 0. The second kappa shape index (κ2) is 4.05. The molecule has 0 amide bonds. The van der Waals surface area contributed by atoms with Crippen molar-refractivity contribution in [1.82, 2.24) is 9.38 Å². The first-order valence-corrected chi connectivity index (χ1v) is 5.73. The van der Waals surface area contributed by atoms with Crippen molar-refractivity contribution in [3.8, 4) is 0 Å². The molecule has 3 rings (SSSR count). The number of hydrogen-bond donors (Lipinski definition) is 0. The van der Waals surface area contributed by atoms with Crippen LogP contribution in [0, 0.1) is 0 Å². The average molecular weight is 227 g/mol. The van der Waals surface area contributed by atoms with Crippen LogP contribution in [-0.4, -0.2) is 22.5 Å². The van der Waals surface area contributed by atoms with Gasteiger partial charge in [-0.15, -0.1) is 0 Å². The predicted molar refractivity (Wildman–Crippen MR) is 67.4 cm³/mol. The third kappa shape index (κ3) is 1.82. The number of nitrogens with zero attached hydrogens (tertiary/aromatic N) is 3. The fourth-order valence-electron chi connectivity index (χ4n) is 2.05. The van der Waals surface area contributed by atoms with Gasteiger partial charge < -0.3 is 4.90 Å². The van der Waals surface area contributed by atoms with Crippen molar-refractivity contribution in [2.75, 3.05) is 18.0 Å². The summed E-state index contributed by atoms with van der Waals surface area (Å²) < 4.78 is 1.56. The van der Waals surface area contributed by atoms with Crippen LogP contribution in [0.2, 0.25) is 0 Å². The lowest BCUT2D eigenvalue weighted by Crippen LogP contribution is -2.29. The Balaban J connectivity index is 2.12. The molecule has 0 fully saturated rings. The minimum atomic E-state index is -0.0276. The largest absolute Gasteiger partial charge is 0.352 e. The Labute approximate surface area is 98.8 Å². The second-order valence-corrected chi connectivity index (χ2v) is 4.09. The van der Waals surface area contributed by atoms with Crippen LogP contribution in [0.1, 0.15) is 6.42 Å². The summed E-state index contributed by atoms with van der Waals surface area (Å²) in [4.78, 5) is 18.6. The van der Waals surface area contributed by atoms with E-state index >= 15 is 0 Å². The first kappa shape index (κ1) is 10.1. The van der Waals surface area contributed by atoms with E-state index in [0.717, 1.165) is 25.3 Å². The van der Waals surface area contributed by atoms with Crippen LogP contribution in [0.25, 0.3) is 5.65 Å². The van der Waals surface area contributed by atoms with Crippen molar-refractivity contribution in [3.63, 3.8) is 0 Å². The van der Waals surface area contributed by atoms with E-state index in [4.69, 9.17) is 0 Å². The molecule has 2 aromatic heterocycles. The van der Waals surface area contributed by atoms with Gasteiger partial charge in [-0.25, -0.2) is 4.98 Å². The molecule has 0 radical (unpaired) electrons. The molecular weight excluding hydrogens is 214 g/mol. The molecule has 0 aliphatic carbocycles. The van der Waals surface area contributed by atoms with E-state index in [0.29, 0.717) is 5.65 Å². The van der Waals surface area contributed by atoms with Gasteiger partial charge in [0.2, 0.25) is 0 Å². The molecule has 17 heavy (non-hydrogen) atoms. The first-order chi connectivity index (χ1) is 8.34. The average Bonchev–Trinajstić information content (AvgIpc) is 2.40. The zero-order chi connectivity index (χ0) is 11.7. The monoisotopic (exact) mass is 227 g/mol. The minimum Gasteiger partial charge on any atom is -0.352 e. The van der Waals surface area contributed by atoms with Gasteiger partial charge in [-0.05, 0) is 18.6 Å². The normalized spacial score (nSPS) is 15.4. The van der Waals surface area contributed by atoms with E-state index in [2.05, 4.69) is 22.0 Å². The lowest BCUT2D eigenvalue weighted by molar-refractivity contribution is 0.802. The Kier molecular flexibility index (Phi) is 2.40. The standard InChI is InChI=1S/C13H13N3O/c17-13-10-12(15-7-3-1-4-8-15)14-11-6-2-5-9-16(11)13/h1-3,5-6,9-10H,4,7-8H2. The summed E-state index contributed by atoms with van der Waals surface area (Å²) in [5.74, 6) is 0.769. The van der Waals surface area contributed by atoms with Crippen LogP contribution in [-0.2, 0) is 0 Å². The highest BCUT2D eigenvalue weighted by atomic mass is 16.1. The molecule has 4 heteroatoms. The molecule has 0 saturated carbocycles. The fourth-order valence-corrected chi connectivity index (χ4v) is 2.05. The number of hydrogen-bond acceptors (Lipinski definition) is 3. The van der Waals surface area contributed by atoms with Gasteiger partial charge in [0.05, 0.1) is 0 Å². The van der Waals surface area contributed by atoms with Gasteiger partial charge in [0.1, 0.15) is 11.5 Å².